The van der Waals surface area contributed by atoms with Crippen molar-refractivity contribution in [3.05, 3.63) is 95.1 Å². The lowest BCUT2D eigenvalue weighted by molar-refractivity contribution is -0.123. The van der Waals surface area contributed by atoms with Crippen LogP contribution in [0.1, 0.15) is 16.7 Å². The molecule has 3 aromatic rings. The lowest BCUT2D eigenvalue weighted by Crippen LogP contribution is -2.51. The fourth-order valence-electron chi connectivity index (χ4n) is 4.44. The first-order chi connectivity index (χ1) is 15.9. The summed E-state index contributed by atoms with van der Waals surface area (Å²) in [5, 5.41) is 2.72. The number of hydrogen-bond acceptors (Lipinski definition) is 3. The van der Waals surface area contributed by atoms with Gasteiger partial charge in [-0.05, 0) is 37.3 Å². The zero-order chi connectivity index (χ0) is 23.2. The number of thioether (sulfide) groups is 1. The highest BCUT2D eigenvalue weighted by Gasteiger charge is 2.59. The second kappa shape index (κ2) is 8.19. The molecule has 33 heavy (non-hydrogen) atoms. The maximum atomic E-state index is 14.4. The predicted molar refractivity (Wildman–Crippen MR) is 125 cm³/mol. The van der Waals surface area contributed by atoms with E-state index in [1.165, 1.54) is 40.9 Å². The van der Waals surface area contributed by atoms with Crippen LogP contribution in [0, 0.1) is 18.6 Å². The molecule has 2 heterocycles. The summed E-state index contributed by atoms with van der Waals surface area (Å²) in [6.45, 7) is 2.33. The van der Waals surface area contributed by atoms with Gasteiger partial charge in [0.2, 0.25) is 0 Å². The van der Waals surface area contributed by atoms with Crippen molar-refractivity contribution in [3.63, 3.8) is 0 Å². The molecule has 1 spiro atoms. The zero-order valence-electron chi connectivity index (χ0n) is 17.8. The number of nitrogens with zero attached hydrogens (tertiary/aromatic N) is 2. The van der Waals surface area contributed by atoms with E-state index >= 15 is 0 Å². The van der Waals surface area contributed by atoms with Gasteiger partial charge in [0.25, 0.3) is 5.91 Å². The number of anilines is 2. The summed E-state index contributed by atoms with van der Waals surface area (Å²) in [6, 6.07) is 17.1. The third-order valence-corrected chi connectivity index (χ3v) is 7.38. The Balaban J connectivity index is 1.54. The van der Waals surface area contributed by atoms with Crippen LogP contribution in [0.15, 0.2) is 66.7 Å². The molecule has 168 valence electrons. The van der Waals surface area contributed by atoms with Crippen LogP contribution in [0.5, 0.6) is 0 Å². The highest BCUT2D eigenvalue weighted by molar-refractivity contribution is 8.01. The van der Waals surface area contributed by atoms with Crippen molar-refractivity contribution in [3.8, 4) is 0 Å². The monoisotopic (exact) mass is 465 g/mol. The average molecular weight is 466 g/mol. The lowest BCUT2D eigenvalue weighted by Gasteiger charge is -2.33. The van der Waals surface area contributed by atoms with E-state index in [-0.39, 0.29) is 18.3 Å². The smallest absolute Gasteiger partial charge is 0.308 e. The predicted octanol–water partition coefficient (Wildman–Crippen LogP) is 5.25. The summed E-state index contributed by atoms with van der Waals surface area (Å²) in [6.07, 6.45) is 0. The number of fused-ring (bicyclic) bond motifs is 2. The van der Waals surface area contributed by atoms with Crippen molar-refractivity contribution in [1.29, 1.82) is 0 Å². The summed E-state index contributed by atoms with van der Waals surface area (Å²) >= 11 is 1.39. The van der Waals surface area contributed by atoms with Crippen LogP contribution in [0.4, 0.5) is 25.0 Å². The molecule has 0 radical (unpaired) electrons. The van der Waals surface area contributed by atoms with Crippen molar-refractivity contribution in [2.24, 2.45) is 0 Å². The third kappa shape index (κ3) is 3.54. The standard InChI is InChI=1S/C25H21F2N3O2S/c1-16-9-10-22-20(13-16)25(23(31)29(22)15-17-5-2-3-8-21(17)27)30(11-12-33-25)24(32)28-19-7-4-6-18(26)14-19/h2-10,13-14H,11-12,15H2,1H3,(H,28,32)/t25-/m1/s1. The summed E-state index contributed by atoms with van der Waals surface area (Å²) in [5.41, 5.74) is 3.03. The number of aryl methyl sites for hydroxylation is 1. The van der Waals surface area contributed by atoms with Gasteiger partial charge in [-0.1, -0.05) is 42.0 Å². The van der Waals surface area contributed by atoms with Crippen LogP contribution in [0.25, 0.3) is 0 Å². The molecule has 3 aromatic carbocycles. The van der Waals surface area contributed by atoms with E-state index in [9.17, 15) is 18.4 Å². The summed E-state index contributed by atoms with van der Waals surface area (Å²) in [5.74, 6) is -0.585. The Morgan fingerprint density at radius 1 is 1.09 bits per heavy atom. The summed E-state index contributed by atoms with van der Waals surface area (Å²) < 4.78 is 28.0. The maximum absolute atomic E-state index is 14.4. The fraction of sp³-hybridized carbons (Fsp3) is 0.200. The fourth-order valence-corrected chi connectivity index (χ4v) is 5.89. The minimum atomic E-state index is -1.26. The van der Waals surface area contributed by atoms with E-state index in [1.54, 1.807) is 29.2 Å². The molecule has 2 aliphatic heterocycles. The van der Waals surface area contributed by atoms with Crippen molar-refractivity contribution in [2.45, 2.75) is 18.3 Å². The molecule has 0 saturated carbocycles. The van der Waals surface area contributed by atoms with Gasteiger partial charge in [0.05, 0.1) is 12.2 Å². The number of nitrogens with one attached hydrogen (secondary N) is 1. The Morgan fingerprint density at radius 3 is 2.70 bits per heavy atom. The van der Waals surface area contributed by atoms with Crippen LogP contribution < -0.4 is 10.2 Å². The Bertz CT molecular complexity index is 1270. The molecule has 1 N–H and O–H groups in total. The molecule has 0 bridgehead atoms. The number of carbonyl (C=O) groups is 2. The van der Waals surface area contributed by atoms with Crippen LogP contribution in [-0.2, 0) is 16.2 Å². The third-order valence-electron chi connectivity index (χ3n) is 5.96. The van der Waals surface area contributed by atoms with Crippen LogP contribution in [-0.4, -0.2) is 29.1 Å². The highest BCUT2D eigenvalue weighted by atomic mass is 32.2. The first-order valence-corrected chi connectivity index (χ1v) is 11.5. The van der Waals surface area contributed by atoms with E-state index in [4.69, 9.17) is 0 Å². The topological polar surface area (TPSA) is 52.7 Å². The van der Waals surface area contributed by atoms with Gasteiger partial charge in [0, 0.05) is 29.1 Å². The molecular weight excluding hydrogens is 444 g/mol. The quantitative estimate of drug-likeness (QED) is 0.575. The molecule has 1 fully saturated rings. The molecule has 3 amide bonds. The number of hydrogen-bond donors (Lipinski definition) is 1. The molecule has 1 atom stereocenters. The molecule has 0 aromatic heterocycles. The van der Waals surface area contributed by atoms with Crippen molar-refractivity contribution in [1.82, 2.24) is 4.90 Å². The number of amides is 3. The maximum Gasteiger partial charge on any atom is 0.323 e. The largest absolute Gasteiger partial charge is 0.323 e. The highest BCUT2D eigenvalue weighted by Crippen LogP contribution is 2.54. The summed E-state index contributed by atoms with van der Waals surface area (Å²) in [4.78, 5) is 29.0. The number of carbonyl (C=O) groups excluding carboxylic acids is 2. The van der Waals surface area contributed by atoms with Gasteiger partial charge in [-0.3, -0.25) is 9.69 Å². The molecule has 2 aliphatic rings. The van der Waals surface area contributed by atoms with E-state index < -0.39 is 16.7 Å². The first kappa shape index (κ1) is 21.5. The van der Waals surface area contributed by atoms with E-state index in [0.717, 1.165) is 5.56 Å². The van der Waals surface area contributed by atoms with E-state index in [0.29, 0.717) is 34.8 Å². The Labute approximate surface area is 194 Å². The Hall–Kier alpha value is -3.39. The Morgan fingerprint density at radius 2 is 1.91 bits per heavy atom. The van der Waals surface area contributed by atoms with Gasteiger partial charge in [-0.2, -0.15) is 0 Å². The van der Waals surface area contributed by atoms with Gasteiger partial charge in [0.1, 0.15) is 11.6 Å². The average Bonchev–Trinajstić information content (AvgIpc) is 3.32. The van der Waals surface area contributed by atoms with Crippen LogP contribution in [0.2, 0.25) is 0 Å². The molecule has 8 heteroatoms. The van der Waals surface area contributed by atoms with Crippen molar-refractivity contribution < 1.29 is 18.4 Å². The summed E-state index contributed by atoms with van der Waals surface area (Å²) in [7, 11) is 0. The van der Waals surface area contributed by atoms with E-state index in [2.05, 4.69) is 5.32 Å². The van der Waals surface area contributed by atoms with Gasteiger partial charge in [-0.15, -0.1) is 11.8 Å². The van der Waals surface area contributed by atoms with E-state index in [1.807, 2.05) is 25.1 Å². The van der Waals surface area contributed by atoms with Gasteiger partial charge >= 0.3 is 6.03 Å². The molecule has 5 rings (SSSR count). The Kier molecular flexibility index (Phi) is 5.32. The first-order valence-electron chi connectivity index (χ1n) is 10.5. The van der Waals surface area contributed by atoms with Crippen LogP contribution >= 0.6 is 11.8 Å². The molecule has 5 nitrogen and oxygen atoms in total. The van der Waals surface area contributed by atoms with Crippen molar-refractivity contribution in [2.75, 3.05) is 22.5 Å². The number of halogens is 2. The SMILES string of the molecule is Cc1ccc2c(c1)[C@@]1(SCCN1C(=O)Nc1cccc(F)c1)C(=O)N2Cc1ccccc1F. The van der Waals surface area contributed by atoms with Gasteiger partial charge in [0.15, 0.2) is 4.87 Å². The van der Waals surface area contributed by atoms with Gasteiger partial charge in [-0.25, -0.2) is 13.6 Å². The van der Waals surface area contributed by atoms with Crippen LogP contribution in [0.3, 0.4) is 0 Å². The number of rotatable bonds is 3. The van der Waals surface area contributed by atoms with Crippen molar-refractivity contribution >= 4 is 35.1 Å². The second-order valence-electron chi connectivity index (χ2n) is 8.09. The van der Waals surface area contributed by atoms with Gasteiger partial charge < -0.3 is 10.2 Å². The molecule has 0 unspecified atom stereocenters. The normalized spacial score (nSPS) is 19.3. The molecule has 1 saturated heterocycles. The molecule has 0 aliphatic carbocycles. The minimum Gasteiger partial charge on any atom is -0.308 e. The number of benzene rings is 3. The zero-order valence-corrected chi connectivity index (χ0v) is 18.7. The second-order valence-corrected chi connectivity index (χ2v) is 9.38. The minimum absolute atomic E-state index is 0.0588. The lowest BCUT2D eigenvalue weighted by atomic mass is 10.0. The number of urea groups is 1. The molecular formula is C25H21F2N3O2S.